The predicted octanol–water partition coefficient (Wildman–Crippen LogP) is 1.39. The number of rotatable bonds is 2. The van der Waals surface area contributed by atoms with Gasteiger partial charge in [-0.15, -0.1) is 0 Å². The van der Waals surface area contributed by atoms with Crippen LogP contribution in [0.2, 0.25) is 0 Å². The van der Waals surface area contributed by atoms with Crippen molar-refractivity contribution in [1.82, 2.24) is 9.97 Å². The van der Waals surface area contributed by atoms with Gasteiger partial charge in [0.2, 0.25) is 0 Å². The SMILES string of the molecule is Nc1cnc(CO)c(N2CCC3(CC2)Cc2ccccc2[C@H]3N)n1. The molecule has 0 radical (unpaired) electrons. The number of anilines is 2. The fourth-order valence-electron chi connectivity index (χ4n) is 4.25. The number of nitrogens with zero attached hydrogens (tertiary/aromatic N) is 3. The Morgan fingerprint density at radius 3 is 2.71 bits per heavy atom. The number of nitrogen functional groups attached to an aromatic ring is 1. The van der Waals surface area contributed by atoms with Crippen molar-refractivity contribution in [2.75, 3.05) is 23.7 Å². The van der Waals surface area contributed by atoms with Crippen molar-refractivity contribution in [2.45, 2.75) is 31.9 Å². The molecule has 0 bridgehead atoms. The van der Waals surface area contributed by atoms with Gasteiger partial charge in [0, 0.05) is 19.1 Å². The molecule has 1 fully saturated rings. The number of hydrogen-bond acceptors (Lipinski definition) is 6. The molecule has 1 aromatic carbocycles. The number of hydrogen-bond donors (Lipinski definition) is 3. The third kappa shape index (κ3) is 2.34. The summed E-state index contributed by atoms with van der Waals surface area (Å²) in [6, 6.07) is 8.62. The van der Waals surface area contributed by atoms with Crippen molar-refractivity contribution in [2.24, 2.45) is 11.1 Å². The van der Waals surface area contributed by atoms with E-state index in [1.807, 2.05) is 0 Å². The highest BCUT2D eigenvalue weighted by Crippen LogP contribution is 2.50. The maximum atomic E-state index is 9.52. The fourth-order valence-corrected chi connectivity index (χ4v) is 4.25. The third-order valence-corrected chi connectivity index (χ3v) is 5.65. The Bertz CT molecular complexity index is 755. The summed E-state index contributed by atoms with van der Waals surface area (Å²) in [6.45, 7) is 1.58. The Hall–Kier alpha value is -2.18. The van der Waals surface area contributed by atoms with E-state index in [-0.39, 0.29) is 18.1 Å². The van der Waals surface area contributed by atoms with Gasteiger partial charge in [0.15, 0.2) is 5.82 Å². The molecule has 5 N–H and O–H groups in total. The molecule has 1 aliphatic carbocycles. The van der Waals surface area contributed by atoms with E-state index < -0.39 is 0 Å². The monoisotopic (exact) mass is 325 g/mol. The number of aromatic nitrogens is 2. The molecule has 1 atom stereocenters. The van der Waals surface area contributed by atoms with Crippen LogP contribution in [0.4, 0.5) is 11.6 Å². The van der Waals surface area contributed by atoms with Gasteiger partial charge < -0.3 is 21.5 Å². The Balaban J connectivity index is 1.55. The molecular weight excluding hydrogens is 302 g/mol. The number of aliphatic hydroxyl groups is 1. The van der Waals surface area contributed by atoms with Gasteiger partial charge in [-0.2, -0.15) is 0 Å². The van der Waals surface area contributed by atoms with Gasteiger partial charge in [-0.05, 0) is 35.8 Å². The lowest BCUT2D eigenvalue weighted by molar-refractivity contribution is 0.187. The van der Waals surface area contributed by atoms with Gasteiger partial charge in [0.05, 0.1) is 12.8 Å². The van der Waals surface area contributed by atoms with Gasteiger partial charge in [-0.3, -0.25) is 4.98 Å². The third-order valence-electron chi connectivity index (χ3n) is 5.65. The van der Waals surface area contributed by atoms with Crippen molar-refractivity contribution in [3.63, 3.8) is 0 Å². The van der Waals surface area contributed by atoms with Crippen LogP contribution in [0.5, 0.6) is 0 Å². The minimum Gasteiger partial charge on any atom is -0.390 e. The normalized spacial score (nSPS) is 21.9. The van der Waals surface area contributed by atoms with Gasteiger partial charge >= 0.3 is 0 Å². The second kappa shape index (κ2) is 5.72. The summed E-state index contributed by atoms with van der Waals surface area (Å²) in [4.78, 5) is 10.8. The molecule has 4 rings (SSSR count). The summed E-state index contributed by atoms with van der Waals surface area (Å²) in [5.41, 5.74) is 15.8. The van der Waals surface area contributed by atoms with Crippen molar-refractivity contribution < 1.29 is 5.11 Å². The lowest BCUT2D eigenvalue weighted by Gasteiger charge is -2.42. The number of fused-ring (bicyclic) bond motifs is 1. The first-order valence-electron chi connectivity index (χ1n) is 8.43. The second-order valence-electron chi connectivity index (χ2n) is 6.93. The second-order valence-corrected chi connectivity index (χ2v) is 6.93. The summed E-state index contributed by atoms with van der Waals surface area (Å²) < 4.78 is 0. The molecule has 0 saturated carbocycles. The van der Waals surface area contributed by atoms with Gasteiger partial charge in [-0.1, -0.05) is 24.3 Å². The van der Waals surface area contributed by atoms with E-state index in [4.69, 9.17) is 11.5 Å². The van der Waals surface area contributed by atoms with Crippen LogP contribution in [-0.2, 0) is 13.0 Å². The van der Waals surface area contributed by atoms with E-state index in [0.29, 0.717) is 17.3 Å². The Morgan fingerprint density at radius 1 is 1.25 bits per heavy atom. The molecular formula is C18H23N5O. The largest absolute Gasteiger partial charge is 0.390 e. The maximum Gasteiger partial charge on any atom is 0.155 e. The van der Waals surface area contributed by atoms with E-state index in [0.717, 1.165) is 32.4 Å². The molecule has 1 spiro atoms. The molecule has 126 valence electrons. The first-order valence-corrected chi connectivity index (χ1v) is 8.43. The highest BCUT2D eigenvalue weighted by atomic mass is 16.3. The zero-order valence-electron chi connectivity index (χ0n) is 13.7. The molecule has 2 aromatic rings. The molecule has 1 aromatic heterocycles. The predicted molar refractivity (Wildman–Crippen MR) is 93.3 cm³/mol. The van der Waals surface area contributed by atoms with Crippen LogP contribution in [0.25, 0.3) is 0 Å². The lowest BCUT2D eigenvalue weighted by Crippen LogP contribution is -2.45. The standard InChI is InChI=1S/C18H23N5O/c19-15-10-21-14(11-24)17(22-15)23-7-5-18(6-8-23)9-12-3-1-2-4-13(12)16(18)20/h1-4,10,16,24H,5-9,11,20H2,(H2,19,22)/t16-/m1/s1. The van der Waals surface area contributed by atoms with Crippen LogP contribution in [0.3, 0.4) is 0 Å². The molecule has 0 amide bonds. The van der Waals surface area contributed by atoms with Crippen molar-refractivity contribution >= 4 is 11.6 Å². The molecule has 0 unspecified atom stereocenters. The average molecular weight is 325 g/mol. The minimum absolute atomic E-state index is 0.0973. The Morgan fingerprint density at radius 2 is 2.00 bits per heavy atom. The van der Waals surface area contributed by atoms with E-state index >= 15 is 0 Å². The fraction of sp³-hybridized carbons (Fsp3) is 0.444. The maximum absolute atomic E-state index is 9.52. The highest BCUT2D eigenvalue weighted by Gasteiger charge is 2.46. The number of piperidine rings is 1. The van der Waals surface area contributed by atoms with E-state index in [9.17, 15) is 5.11 Å². The average Bonchev–Trinajstić information content (AvgIpc) is 2.88. The van der Waals surface area contributed by atoms with Gasteiger partial charge in [0.1, 0.15) is 11.5 Å². The van der Waals surface area contributed by atoms with Crippen LogP contribution < -0.4 is 16.4 Å². The zero-order chi connectivity index (χ0) is 16.7. The van der Waals surface area contributed by atoms with E-state index in [1.54, 1.807) is 0 Å². The minimum atomic E-state index is -0.130. The van der Waals surface area contributed by atoms with Crippen LogP contribution in [0.15, 0.2) is 30.5 Å². The van der Waals surface area contributed by atoms with Crippen molar-refractivity contribution in [3.05, 3.63) is 47.3 Å². The summed E-state index contributed by atoms with van der Waals surface area (Å²) >= 11 is 0. The molecule has 2 aliphatic rings. The van der Waals surface area contributed by atoms with E-state index in [2.05, 4.69) is 39.1 Å². The smallest absolute Gasteiger partial charge is 0.155 e. The molecule has 2 heterocycles. The topological polar surface area (TPSA) is 101 Å². The quantitative estimate of drug-likeness (QED) is 0.771. The molecule has 1 saturated heterocycles. The molecule has 6 nitrogen and oxygen atoms in total. The summed E-state index contributed by atoms with van der Waals surface area (Å²) in [7, 11) is 0. The molecule has 1 aliphatic heterocycles. The van der Waals surface area contributed by atoms with Gasteiger partial charge in [0.25, 0.3) is 0 Å². The Labute approximate surface area is 141 Å². The molecule has 24 heavy (non-hydrogen) atoms. The zero-order valence-corrected chi connectivity index (χ0v) is 13.7. The van der Waals surface area contributed by atoms with Crippen molar-refractivity contribution in [1.29, 1.82) is 0 Å². The summed E-state index contributed by atoms with van der Waals surface area (Å²) in [5.74, 6) is 1.09. The lowest BCUT2D eigenvalue weighted by atomic mass is 9.73. The van der Waals surface area contributed by atoms with Gasteiger partial charge in [-0.25, -0.2) is 4.98 Å². The van der Waals surface area contributed by atoms with Crippen LogP contribution >= 0.6 is 0 Å². The summed E-state index contributed by atoms with van der Waals surface area (Å²) in [6.07, 6.45) is 4.55. The van der Waals surface area contributed by atoms with Crippen molar-refractivity contribution in [3.8, 4) is 0 Å². The van der Waals surface area contributed by atoms with Crippen LogP contribution in [-0.4, -0.2) is 28.2 Å². The van der Waals surface area contributed by atoms with Crippen LogP contribution in [0.1, 0.15) is 35.7 Å². The van der Waals surface area contributed by atoms with Crippen LogP contribution in [0, 0.1) is 5.41 Å². The first-order chi connectivity index (χ1) is 11.6. The molecule has 6 heteroatoms. The number of benzene rings is 1. The number of aliphatic hydroxyl groups excluding tert-OH is 1. The highest BCUT2D eigenvalue weighted by molar-refractivity contribution is 5.48. The van der Waals surface area contributed by atoms with E-state index in [1.165, 1.54) is 17.3 Å². The Kier molecular flexibility index (Phi) is 3.66. The number of nitrogens with two attached hydrogens (primary N) is 2. The summed E-state index contributed by atoms with van der Waals surface area (Å²) in [5, 5.41) is 9.52. The first kappa shape index (κ1) is 15.4.